The molecular formula is C11H10BrClN2O2S2. The van der Waals surface area contributed by atoms with E-state index in [1.165, 1.54) is 0 Å². The Labute approximate surface area is 129 Å². The number of nitrogens with zero attached hydrogens (tertiary/aromatic N) is 1. The first kappa shape index (κ1) is 14.8. The van der Waals surface area contributed by atoms with Crippen LogP contribution in [0.25, 0.3) is 0 Å². The van der Waals surface area contributed by atoms with Gasteiger partial charge >= 0.3 is 0 Å². The topological polar surface area (TPSA) is 59.1 Å². The van der Waals surface area contributed by atoms with Crippen LogP contribution in [-0.2, 0) is 10.0 Å². The summed E-state index contributed by atoms with van der Waals surface area (Å²) >= 11 is 10.0. The van der Waals surface area contributed by atoms with Gasteiger partial charge in [0, 0.05) is 4.47 Å². The molecule has 4 nitrogen and oxygen atoms in total. The van der Waals surface area contributed by atoms with Crippen LogP contribution in [0.5, 0.6) is 0 Å². The molecule has 1 aromatic carbocycles. The van der Waals surface area contributed by atoms with Crippen LogP contribution in [0, 0.1) is 13.8 Å². The van der Waals surface area contributed by atoms with Gasteiger partial charge in [0.15, 0.2) is 8.68 Å². The summed E-state index contributed by atoms with van der Waals surface area (Å²) in [5, 5.41) is 0. The maximum absolute atomic E-state index is 12.3. The highest BCUT2D eigenvalue weighted by Crippen LogP contribution is 2.29. The van der Waals surface area contributed by atoms with E-state index in [4.69, 9.17) is 11.6 Å². The van der Waals surface area contributed by atoms with E-state index in [1.807, 2.05) is 13.0 Å². The van der Waals surface area contributed by atoms with Crippen LogP contribution in [0.3, 0.4) is 0 Å². The summed E-state index contributed by atoms with van der Waals surface area (Å²) in [5.74, 6) is 0. The minimum absolute atomic E-state index is 0.139. The van der Waals surface area contributed by atoms with Crippen LogP contribution in [0.1, 0.15) is 11.3 Å². The number of hydrogen-bond acceptors (Lipinski definition) is 4. The van der Waals surface area contributed by atoms with Gasteiger partial charge in [-0.15, -0.1) is 0 Å². The first-order valence-electron chi connectivity index (χ1n) is 5.21. The minimum atomic E-state index is -3.65. The van der Waals surface area contributed by atoms with Crippen molar-refractivity contribution in [2.75, 3.05) is 4.72 Å². The van der Waals surface area contributed by atoms with Crippen LogP contribution in [0.15, 0.2) is 26.9 Å². The molecule has 1 N–H and O–H groups in total. The Hall–Kier alpha value is -0.630. The maximum Gasteiger partial charge on any atom is 0.273 e. The zero-order valence-corrected chi connectivity index (χ0v) is 14.0. The number of aryl methyl sites for hydroxylation is 2. The Morgan fingerprint density at radius 3 is 2.58 bits per heavy atom. The molecule has 0 radical (unpaired) electrons. The molecular weight excluding hydrogens is 372 g/mol. The van der Waals surface area contributed by atoms with Crippen molar-refractivity contribution < 1.29 is 8.42 Å². The van der Waals surface area contributed by atoms with Crippen molar-refractivity contribution in [3.05, 3.63) is 38.4 Å². The van der Waals surface area contributed by atoms with Crippen molar-refractivity contribution in [3.8, 4) is 0 Å². The van der Waals surface area contributed by atoms with Gasteiger partial charge in [0.1, 0.15) is 0 Å². The van der Waals surface area contributed by atoms with Crippen molar-refractivity contribution in [3.63, 3.8) is 0 Å². The SMILES string of the molecule is Cc1cc(Br)ccc1NS(=O)(=O)c1sc(Cl)nc1C. The molecule has 0 unspecified atom stereocenters. The number of nitrogens with one attached hydrogen (secondary N) is 1. The number of hydrogen-bond donors (Lipinski definition) is 1. The van der Waals surface area contributed by atoms with E-state index in [0.29, 0.717) is 11.4 Å². The summed E-state index contributed by atoms with van der Waals surface area (Å²) in [6.07, 6.45) is 0. The monoisotopic (exact) mass is 380 g/mol. The normalized spacial score (nSPS) is 11.6. The van der Waals surface area contributed by atoms with E-state index in [2.05, 4.69) is 25.6 Å². The van der Waals surface area contributed by atoms with Gasteiger partial charge in [0.2, 0.25) is 0 Å². The first-order valence-corrected chi connectivity index (χ1v) is 8.68. The second-order valence-electron chi connectivity index (χ2n) is 3.90. The second-order valence-corrected chi connectivity index (χ2v) is 8.28. The van der Waals surface area contributed by atoms with E-state index in [0.717, 1.165) is 21.4 Å². The highest BCUT2D eigenvalue weighted by atomic mass is 79.9. The number of benzene rings is 1. The van der Waals surface area contributed by atoms with Crippen molar-refractivity contribution in [2.45, 2.75) is 18.1 Å². The van der Waals surface area contributed by atoms with Gasteiger partial charge < -0.3 is 0 Å². The molecule has 8 heteroatoms. The van der Waals surface area contributed by atoms with E-state index < -0.39 is 10.0 Å². The predicted molar refractivity (Wildman–Crippen MR) is 81.5 cm³/mol. The van der Waals surface area contributed by atoms with E-state index in [9.17, 15) is 8.42 Å². The maximum atomic E-state index is 12.3. The molecule has 0 fully saturated rings. The molecule has 2 rings (SSSR count). The molecule has 0 aliphatic heterocycles. The lowest BCUT2D eigenvalue weighted by atomic mass is 10.2. The largest absolute Gasteiger partial charge is 0.279 e. The zero-order chi connectivity index (χ0) is 14.2. The van der Waals surface area contributed by atoms with Gasteiger partial charge in [-0.05, 0) is 37.6 Å². The fraction of sp³-hybridized carbons (Fsp3) is 0.182. The first-order chi connectivity index (χ1) is 8.79. The van der Waals surface area contributed by atoms with Gasteiger partial charge in [0.25, 0.3) is 10.0 Å². The number of thiazole rings is 1. The molecule has 0 spiro atoms. The predicted octanol–water partition coefficient (Wildman–Crippen LogP) is 3.98. The van der Waals surface area contributed by atoms with Crippen molar-refractivity contribution in [2.24, 2.45) is 0 Å². The molecule has 0 aliphatic carbocycles. The Morgan fingerprint density at radius 1 is 1.37 bits per heavy atom. The van der Waals surface area contributed by atoms with E-state index in [1.54, 1.807) is 19.1 Å². The highest BCUT2D eigenvalue weighted by Gasteiger charge is 2.22. The molecule has 1 aromatic heterocycles. The number of anilines is 1. The zero-order valence-electron chi connectivity index (χ0n) is 10.1. The third kappa shape index (κ3) is 3.28. The third-order valence-corrected chi connectivity index (χ3v) is 6.13. The number of sulfonamides is 1. The third-order valence-electron chi connectivity index (χ3n) is 2.40. The summed E-state index contributed by atoms with van der Waals surface area (Å²) in [6, 6.07) is 5.32. The molecule has 1 heterocycles. The smallest absolute Gasteiger partial charge is 0.273 e. The van der Waals surface area contributed by atoms with Crippen molar-refractivity contribution >= 4 is 54.6 Å². The Morgan fingerprint density at radius 2 is 2.05 bits per heavy atom. The lowest BCUT2D eigenvalue weighted by Crippen LogP contribution is -2.13. The molecule has 2 aromatic rings. The summed E-state index contributed by atoms with van der Waals surface area (Å²) in [5.41, 5.74) is 1.76. The fourth-order valence-corrected chi connectivity index (χ4v) is 4.88. The molecule has 19 heavy (non-hydrogen) atoms. The molecule has 0 saturated heterocycles. The molecule has 0 saturated carbocycles. The second kappa shape index (κ2) is 5.40. The molecule has 0 atom stereocenters. The Balaban J connectivity index is 2.39. The quantitative estimate of drug-likeness (QED) is 0.875. The summed E-state index contributed by atoms with van der Waals surface area (Å²) < 4.78 is 28.3. The van der Waals surface area contributed by atoms with Gasteiger partial charge in [-0.2, -0.15) is 0 Å². The van der Waals surface area contributed by atoms with Crippen LogP contribution in [0.2, 0.25) is 4.47 Å². The van der Waals surface area contributed by atoms with Gasteiger partial charge in [-0.1, -0.05) is 38.9 Å². The number of aromatic nitrogens is 1. The molecule has 0 bridgehead atoms. The highest BCUT2D eigenvalue weighted by molar-refractivity contribution is 9.10. The summed E-state index contributed by atoms with van der Waals surface area (Å²) in [7, 11) is -3.65. The Kier molecular flexibility index (Phi) is 4.20. The number of halogens is 2. The molecule has 0 amide bonds. The van der Waals surface area contributed by atoms with Crippen molar-refractivity contribution in [1.82, 2.24) is 4.98 Å². The fourth-order valence-electron chi connectivity index (χ4n) is 1.53. The van der Waals surface area contributed by atoms with Crippen LogP contribution in [-0.4, -0.2) is 13.4 Å². The average molecular weight is 382 g/mol. The van der Waals surface area contributed by atoms with Crippen molar-refractivity contribution in [1.29, 1.82) is 0 Å². The average Bonchev–Trinajstić information content (AvgIpc) is 2.63. The van der Waals surface area contributed by atoms with Crippen LogP contribution < -0.4 is 4.72 Å². The number of rotatable bonds is 3. The summed E-state index contributed by atoms with van der Waals surface area (Å²) in [4.78, 5) is 3.91. The van der Waals surface area contributed by atoms with Gasteiger partial charge in [0.05, 0.1) is 11.4 Å². The van der Waals surface area contributed by atoms with Gasteiger partial charge in [-0.25, -0.2) is 13.4 Å². The van der Waals surface area contributed by atoms with Crippen LogP contribution >= 0.6 is 38.9 Å². The van der Waals surface area contributed by atoms with Crippen LogP contribution in [0.4, 0.5) is 5.69 Å². The van der Waals surface area contributed by atoms with E-state index >= 15 is 0 Å². The summed E-state index contributed by atoms with van der Waals surface area (Å²) in [6.45, 7) is 3.44. The Bertz CT molecular complexity index is 728. The molecule has 0 aliphatic rings. The minimum Gasteiger partial charge on any atom is -0.279 e. The lowest BCUT2D eigenvalue weighted by molar-refractivity contribution is 0.602. The standard InChI is InChI=1S/C11H10BrClN2O2S2/c1-6-5-8(12)3-4-9(6)15-19(16,17)10-7(2)14-11(13)18-10/h3-5,15H,1-2H3. The molecule has 102 valence electrons. The van der Waals surface area contributed by atoms with Gasteiger partial charge in [-0.3, -0.25) is 4.72 Å². The van der Waals surface area contributed by atoms with E-state index in [-0.39, 0.29) is 8.68 Å². The lowest BCUT2D eigenvalue weighted by Gasteiger charge is -2.09.